The van der Waals surface area contributed by atoms with E-state index in [1.807, 2.05) is 95.7 Å². The van der Waals surface area contributed by atoms with Crippen LogP contribution in [0.1, 0.15) is 5.56 Å². The molecule has 0 unspecified atom stereocenters. The van der Waals surface area contributed by atoms with E-state index >= 15 is 0 Å². The van der Waals surface area contributed by atoms with Crippen molar-refractivity contribution in [3.8, 4) is 46.4 Å². The van der Waals surface area contributed by atoms with Crippen molar-refractivity contribution >= 4 is 6.08 Å². The van der Waals surface area contributed by atoms with Gasteiger partial charge in [-0.05, 0) is 29.8 Å². The van der Waals surface area contributed by atoms with Crippen LogP contribution in [-0.2, 0) is 0 Å². The summed E-state index contributed by atoms with van der Waals surface area (Å²) in [7, 11) is 0. The van der Waals surface area contributed by atoms with E-state index < -0.39 is 0 Å². The molecule has 4 rings (SSSR count). The van der Waals surface area contributed by atoms with E-state index in [1.165, 1.54) is 0 Å². The Morgan fingerprint density at radius 1 is 0.765 bits per heavy atom. The second kappa shape index (κ2) is 9.83. The maximum Gasteiger partial charge on any atom is 0.153 e. The molecule has 0 bridgehead atoms. The van der Waals surface area contributed by atoms with Gasteiger partial charge in [-0.25, -0.2) is 4.68 Å². The van der Waals surface area contributed by atoms with Gasteiger partial charge in [-0.1, -0.05) is 72.8 Å². The average molecular weight is 438 g/mol. The topological polar surface area (TPSA) is 115 Å². The number of benzene rings is 3. The van der Waals surface area contributed by atoms with Gasteiger partial charge in [-0.15, -0.1) is 0 Å². The zero-order valence-corrected chi connectivity index (χ0v) is 18.1. The SMILES string of the molecule is N#CC(=Cc1ccc(-n2nc(-c3ccccc3)cc2-c2ccccc2)cc1)C(N)=C(C#N)C#N. The molecule has 0 radical (unpaired) electrons. The van der Waals surface area contributed by atoms with Gasteiger partial charge in [0.2, 0.25) is 0 Å². The Morgan fingerprint density at radius 3 is 1.91 bits per heavy atom. The van der Waals surface area contributed by atoms with Gasteiger partial charge < -0.3 is 5.73 Å². The van der Waals surface area contributed by atoms with Crippen LogP contribution < -0.4 is 5.73 Å². The van der Waals surface area contributed by atoms with Gasteiger partial charge in [0.15, 0.2) is 5.57 Å². The first-order chi connectivity index (χ1) is 16.6. The number of rotatable bonds is 5. The number of aromatic nitrogens is 2. The number of nitriles is 3. The fourth-order valence-corrected chi connectivity index (χ4v) is 3.47. The standard InChI is InChI=1S/C28H18N6/c29-17-23(28(32)24(18-30)19-31)15-20-11-13-25(14-12-20)34-27(22-9-5-2-6-10-22)16-26(33-34)21-7-3-1-4-8-21/h1-16H,32H2. The molecule has 0 aliphatic rings. The molecule has 3 aromatic carbocycles. The van der Waals surface area contributed by atoms with Crippen molar-refractivity contribution in [2.75, 3.05) is 0 Å². The van der Waals surface area contributed by atoms with E-state index in [0.717, 1.165) is 28.2 Å². The first-order valence-corrected chi connectivity index (χ1v) is 10.4. The molecule has 4 aromatic rings. The third-order valence-electron chi connectivity index (χ3n) is 5.20. The molecule has 34 heavy (non-hydrogen) atoms. The van der Waals surface area contributed by atoms with Crippen molar-refractivity contribution in [3.05, 3.63) is 113 Å². The van der Waals surface area contributed by atoms with Crippen molar-refractivity contribution in [1.29, 1.82) is 15.8 Å². The zero-order valence-electron chi connectivity index (χ0n) is 18.1. The van der Waals surface area contributed by atoms with E-state index in [4.69, 9.17) is 21.4 Å². The lowest BCUT2D eigenvalue weighted by molar-refractivity contribution is 0.892. The molecule has 0 amide bonds. The maximum atomic E-state index is 9.44. The highest BCUT2D eigenvalue weighted by atomic mass is 15.3. The van der Waals surface area contributed by atoms with Crippen molar-refractivity contribution in [2.45, 2.75) is 0 Å². The molecule has 160 valence electrons. The molecule has 0 aliphatic carbocycles. The quantitative estimate of drug-likeness (QED) is 0.332. The molecule has 0 saturated heterocycles. The average Bonchev–Trinajstić information content (AvgIpc) is 3.35. The van der Waals surface area contributed by atoms with Gasteiger partial charge in [0.1, 0.15) is 18.2 Å². The minimum absolute atomic E-state index is 0.0567. The fourth-order valence-electron chi connectivity index (χ4n) is 3.47. The predicted octanol–water partition coefficient (Wildman–Crippen LogP) is 5.37. The third-order valence-corrected chi connectivity index (χ3v) is 5.20. The van der Waals surface area contributed by atoms with Crippen molar-refractivity contribution in [1.82, 2.24) is 9.78 Å². The first kappa shape index (κ1) is 21.8. The van der Waals surface area contributed by atoms with Crippen LogP contribution in [0.5, 0.6) is 0 Å². The molecule has 0 fully saturated rings. The van der Waals surface area contributed by atoms with Gasteiger partial charge in [0.25, 0.3) is 0 Å². The van der Waals surface area contributed by atoms with E-state index in [9.17, 15) is 5.26 Å². The summed E-state index contributed by atoms with van der Waals surface area (Å²) in [6.45, 7) is 0. The lowest BCUT2D eigenvalue weighted by atomic mass is 10.1. The Balaban J connectivity index is 1.77. The van der Waals surface area contributed by atoms with Crippen molar-refractivity contribution in [2.24, 2.45) is 5.73 Å². The molecule has 1 aromatic heterocycles. The molecule has 1 heterocycles. The van der Waals surface area contributed by atoms with Crippen LogP contribution >= 0.6 is 0 Å². The Kier molecular flexibility index (Phi) is 6.31. The van der Waals surface area contributed by atoms with Gasteiger partial charge in [-0.3, -0.25) is 0 Å². The Hall–Kier alpha value is -5.38. The molecule has 0 spiro atoms. The van der Waals surface area contributed by atoms with Crippen LogP contribution in [0.4, 0.5) is 0 Å². The molecular formula is C28H18N6. The van der Waals surface area contributed by atoms with Crippen LogP contribution in [0.2, 0.25) is 0 Å². The number of nitrogens with zero attached hydrogens (tertiary/aromatic N) is 5. The van der Waals surface area contributed by atoms with E-state index in [1.54, 1.807) is 18.2 Å². The Bertz CT molecular complexity index is 1490. The number of allylic oxidation sites excluding steroid dienone is 2. The van der Waals surface area contributed by atoms with E-state index in [-0.39, 0.29) is 16.8 Å². The van der Waals surface area contributed by atoms with Crippen LogP contribution in [0.25, 0.3) is 34.3 Å². The summed E-state index contributed by atoms with van der Waals surface area (Å²) >= 11 is 0. The first-order valence-electron chi connectivity index (χ1n) is 10.4. The van der Waals surface area contributed by atoms with Gasteiger partial charge >= 0.3 is 0 Å². The van der Waals surface area contributed by atoms with E-state index in [2.05, 4.69) is 6.07 Å². The van der Waals surface area contributed by atoms with Crippen LogP contribution in [0.15, 0.2) is 108 Å². The number of nitrogens with two attached hydrogens (primary N) is 1. The fraction of sp³-hybridized carbons (Fsp3) is 0. The van der Waals surface area contributed by atoms with Gasteiger partial charge in [0, 0.05) is 11.1 Å². The molecule has 6 heteroatoms. The monoisotopic (exact) mass is 438 g/mol. The predicted molar refractivity (Wildman–Crippen MR) is 130 cm³/mol. The number of hydrogen-bond donors (Lipinski definition) is 1. The van der Waals surface area contributed by atoms with Crippen molar-refractivity contribution in [3.63, 3.8) is 0 Å². The Morgan fingerprint density at radius 2 is 1.35 bits per heavy atom. The molecule has 0 saturated carbocycles. The smallest absolute Gasteiger partial charge is 0.153 e. The van der Waals surface area contributed by atoms with Crippen LogP contribution in [0, 0.1) is 34.0 Å². The summed E-state index contributed by atoms with van der Waals surface area (Å²) in [6, 6.07) is 34.9. The Labute approximate surface area is 197 Å². The molecular weight excluding hydrogens is 420 g/mol. The molecule has 0 aliphatic heterocycles. The lowest BCUT2D eigenvalue weighted by Gasteiger charge is -2.08. The summed E-state index contributed by atoms with van der Waals surface area (Å²) in [6.07, 6.45) is 1.55. The normalized spacial score (nSPS) is 10.6. The van der Waals surface area contributed by atoms with Gasteiger partial charge in [-0.2, -0.15) is 20.9 Å². The summed E-state index contributed by atoms with van der Waals surface area (Å²) in [5, 5.41) is 32.3. The lowest BCUT2D eigenvalue weighted by Crippen LogP contribution is -2.03. The highest BCUT2D eigenvalue weighted by Gasteiger charge is 2.13. The largest absolute Gasteiger partial charge is 0.396 e. The molecule has 2 N–H and O–H groups in total. The minimum Gasteiger partial charge on any atom is -0.396 e. The summed E-state index contributed by atoms with van der Waals surface area (Å²) in [5.41, 5.74) is 10.9. The van der Waals surface area contributed by atoms with Crippen molar-refractivity contribution < 1.29 is 0 Å². The summed E-state index contributed by atoms with van der Waals surface area (Å²) < 4.78 is 1.88. The number of hydrogen-bond acceptors (Lipinski definition) is 5. The van der Waals surface area contributed by atoms with Crippen LogP contribution in [-0.4, -0.2) is 9.78 Å². The minimum atomic E-state index is -0.290. The van der Waals surface area contributed by atoms with Crippen LogP contribution in [0.3, 0.4) is 0 Å². The second-order valence-corrected chi connectivity index (χ2v) is 7.33. The maximum absolute atomic E-state index is 9.44. The van der Waals surface area contributed by atoms with E-state index in [0.29, 0.717) is 5.56 Å². The zero-order chi connectivity index (χ0) is 23.9. The summed E-state index contributed by atoms with van der Waals surface area (Å²) in [4.78, 5) is 0. The molecule has 0 atom stereocenters. The van der Waals surface area contributed by atoms with Gasteiger partial charge in [0.05, 0.1) is 28.3 Å². The highest BCUT2D eigenvalue weighted by Crippen LogP contribution is 2.29. The second-order valence-electron chi connectivity index (χ2n) is 7.33. The summed E-state index contributed by atoms with van der Waals surface area (Å²) in [5.74, 6) is 0. The molecule has 6 nitrogen and oxygen atoms in total. The highest BCUT2D eigenvalue weighted by molar-refractivity contribution is 5.71. The third kappa shape index (κ3) is 4.46.